The quantitative estimate of drug-likeness (QED) is 0.774. The van der Waals surface area contributed by atoms with E-state index < -0.39 is 6.10 Å². The second-order valence-electron chi connectivity index (χ2n) is 8.54. The number of hydrogen-bond acceptors (Lipinski definition) is 5. The summed E-state index contributed by atoms with van der Waals surface area (Å²) in [6.45, 7) is 7.87. The van der Waals surface area contributed by atoms with Gasteiger partial charge in [-0.2, -0.15) is 0 Å². The van der Waals surface area contributed by atoms with Gasteiger partial charge in [-0.3, -0.25) is 14.2 Å². The third-order valence-corrected chi connectivity index (χ3v) is 5.96. The van der Waals surface area contributed by atoms with Gasteiger partial charge in [0.05, 0.1) is 12.0 Å². The maximum absolute atomic E-state index is 13.0. The number of carbonyl (C=O) groups is 1. The van der Waals surface area contributed by atoms with E-state index >= 15 is 0 Å². The molecule has 3 heterocycles. The highest BCUT2D eigenvalue weighted by molar-refractivity contribution is 5.82. The van der Waals surface area contributed by atoms with E-state index in [-0.39, 0.29) is 23.5 Å². The molecule has 4 rings (SSSR count). The van der Waals surface area contributed by atoms with Crippen LogP contribution in [0.3, 0.4) is 0 Å². The standard InChI is InChI=1S/C23H29N3O4/c1-15(2)18-12-21(27)26(14-24-18)13-17-8-10-25(11-9-17)23(28)22-16(3)29-19-6-4-5-7-20(19)30-22/h4-7,12,14-17,22H,8-11,13H2,1-3H3. The van der Waals surface area contributed by atoms with Crippen LogP contribution in [0, 0.1) is 5.92 Å². The molecule has 160 valence electrons. The fourth-order valence-corrected chi connectivity index (χ4v) is 4.08. The SMILES string of the molecule is CC(C)c1cc(=O)n(CC2CCN(C(=O)C3Oc4ccccc4OC3C)CC2)cn1. The van der Waals surface area contributed by atoms with Crippen LogP contribution < -0.4 is 15.0 Å². The summed E-state index contributed by atoms with van der Waals surface area (Å²) in [6.07, 6.45) is 2.38. The molecular weight excluding hydrogens is 382 g/mol. The molecule has 2 aliphatic heterocycles. The van der Waals surface area contributed by atoms with Gasteiger partial charge in [-0.15, -0.1) is 0 Å². The van der Waals surface area contributed by atoms with E-state index in [4.69, 9.17) is 9.47 Å². The summed E-state index contributed by atoms with van der Waals surface area (Å²) >= 11 is 0. The van der Waals surface area contributed by atoms with Gasteiger partial charge in [-0.1, -0.05) is 26.0 Å². The van der Waals surface area contributed by atoms with Crippen LogP contribution in [0.15, 0.2) is 41.5 Å². The van der Waals surface area contributed by atoms with Gasteiger partial charge in [0.2, 0.25) is 6.10 Å². The zero-order valence-electron chi connectivity index (χ0n) is 17.8. The Labute approximate surface area is 176 Å². The molecule has 1 aromatic heterocycles. The first kappa shape index (κ1) is 20.4. The van der Waals surface area contributed by atoms with E-state index in [0.717, 1.165) is 18.5 Å². The summed E-state index contributed by atoms with van der Waals surface area (Å²) in [7, 11) is 0. The predicted octanol–water partition coefficient (Wildman–Crippen LogP) is 2.83. The molecule has 30 heavy (non-hydrogen) atoms. The Balaban J connectivity index is 1.34. The van der Waals surface area contributed by atoms with Crippen molar-refractivity contribution >= 4 is 5.91 Å². The van der Waals surface area contributed by atoms with Crippen LogP contribution in [0.1, 0.15) is 45.2 Å². The predicted molar refractivity (Wildman–Crippen MR) is 113 cm³/mol. The van der Waals surface area contributed by atoms with Crippen molar-refractivity contribution < 1.29 is 14.3 Å². The number of carbonyl (C=O) groups excluding carboxylic acids is 1. The Bertz CT molecular complexity index is 963. The third kappa shape index (κ3) is 4.20. The van der Waals surface area contributed by atoms with E-state index in [1.54, 1.807) is 17.0 Å². The molecule has 2 aliphatic rings. The Kier molecular flexibility index (Phi) is 5.79. The average Bonchev–Trinajstić information content (AvgIpc) is 2.74. The van der Waals surface area contributed by atoms with Crippen LogP contribution in [0.5, 0.6) is 11.5 Å². The zero-order valence-corrected chi connectivity index (χ0v) is 17.8. The van der Waals surface area contributed by atoms with Gasteiger partial charge < -0.3 is 14.4 Å². The van der Waals surface area contributed by atoms with Gasteiger partial charge >= 0.3 is 0 Å². The summed E-state index contributed by atoms with van der Waals surface area (Å²) < 4.78 is 13.5. The average molecular weight is 412 g/mol. The van der Waals surface area contributed by atoms with Crippen molar-refractivity contribution in [3.8, 4) is 11.5 Å². The van der Waals surface area contributed by atoms with E-state index in [1.807, 2.05) is 49.9 Å². The van der Waals surface area contributed by atoms with Crippen LogP contribution in [0.4, 0.5) is 0 Å². The van der Waals surface area contributed by atoms with E-state index in [0.29, 0.717) is 37.1 Å². The first-order valence-electron chi connectivity index (χ1n) is 10.7. The Morgan fingerprint density at radius 2 is 1.83 bits per heavy atom. The first-order valence-corrected chi connectivity index (χ1v) is 10.7. The second-order valence-corrected chi connectivity index (χ2v) is 8.54. The topological polar surface area (TPSA) is 73.7 Å². The Hall–Kier alpha value is -2.83. The number of piperidine rings is 1. The van der Waals surface area contributed by atoms with Crippen molar-refractivity contribution in [1.82, 2.24) is 14.5 Å². The van der Waals surface area contributed by atoms with Crippen molar-refractivity contribution in [1.29, 1.82) is 0 Å². The summed E-state index contributed by atoms with van der Waals surface area (Å²) in [5.74, 6) is 1.84. The van der Waals surface area contributed by atoms with E-state index in [2.05, 4.69) is 4.98 Å². The minimum absolute atomic E-state index is 0.00699. The fraction of sp³-hybridized carbons (Fsp3) is 0.522. The summed E-state index contributed by atoms with van der Waals surface area (Å²) in [4.78, 5) is 31.7. The molecule has 1 saturated heterocycles. The minimum atomic E-state index is -0.633. The third-order valence-electron chi connectivity index (χ3n) is 5.96. The Morgan fingerprint density at radius 1 is 1.17 bits per heavy atom. The molecule has 0 aliphatic carbocycles. The summed E-state index contributed by atoms with van der Waals surface area (Å²) in [6, 6.07) is 9.06. The van der Waals surface area contributed by atoms with Crippen LogP contribution in [-0.4, -0.2) is 45.7 Å². The van der Waals surface area contributed by atoms with Crippen molar-refractivity contribution in [3.63, 3.8) is 0 Å². The number of aromatic nitrogens is 2. The number of amides is 1. The van der Waals surface area contributed by atoms with Crippen molar-refractivity contribution in [2.45, 2.75) is 58.3 Å². The molecule has 1 aromatic carbocycles. The smallest absolute Gasteiger partial charge is 0.267 e. The number of para-hydroxylation sites is 2. The molecule has 7 nitrogen and oxygen atoms in total. The lowest BCUT2D eigenvalue weighted by Crippen LogP contribution is -2.52. The lowest BCUT2D eigenvalue weighted by atomic mass is 9.96. The largest absolute Gasteiger partial charge is 0.482 e. The lowest BCUT2D eigenvalue weighted by Gasteiger charge is -2.37. The summed E-state index contributed by atoms with van der Waals surface area (Å²) in [5.41, 5.74) is 0.814. The van der Waals surface area contributed by atoms with Gasteiger partial charge in [0, 0.05) is 25.7 Å². The van der Waals surface area contributed by atoms with Crippen LogP contribution >= 0.6 is 0 Å². The number of likely N-dealkylation sites (tertiary alicyclic amines) is 1. The first-order chi connectivity index (χ1) is 14.4. The van der Waals surface area contributed by atoms with Crippen molar-refractivity contribution in [2.24, 2.45) is 5.92 Å². The van der Waals surface area contributed by atoms with Crippen molar-refractivity contribution in [3.05, 3.63) is 52.7 Å². The molecular formula is C23H29N3O4. The molecule has 1 amide bonds. The number of fused-ring (bicyclic) bond motifs is 1. The number of ether oxygens (including phenoxy) is 2. The van der Waals surface area contributed by atoms with Crippen LogP contribution in [-0.2, 0) is 11.3 Å². The number of nitrogens with zero attached hydrogens (tertiary/aromatic N) is 3. The van der Waals surface area contributed by atoms with Crippen LogP contribution in [0.25, 0.3) is 0 Å². The highest BCUT2D eigenvalue weighted by Crippen LogP contribution is 2.34. The molecule has 0 N–H and O–H groups in total. The van der Waals surface area contributed by atoms with Crippen LogP contribution in [0.2, 0.25) is 0 Å². The van der Waals surface area contributed by atoms with Gasteiger partial charge in [-0.25, -0.2) is 4.98 Å². The van der Waals surface area contributed by atoms with Gasteiger partial charge in [0.15, 0.2) is 11.5 Å². The molecule has 2 unspecified atom stereocenters. The van der Waals surface area contributed by atoms with Crippen molar-refractivity contribution in [2.75, 3.05) is 13.1 Å². The number of benzene rings is 1. The molecule has 7 heteroatoms. The molecule has 1 fully saturated rings. The molecule has 0 radical (unpaired) electrons. The van der Waals surface area contributed by atoms with Gasteiger partial charge in [0.25, 0.3) is 11.5 Å². The molecule has 0 bridgehead atoms. The molecule has 2 atom stereocenters. The normalized spacial score (nSPS) is 21.7. The highest BCUT2D eigenvalue weighted by Gasteiger charge is 2.37. The highest BCUT2D eigenvalue weighted by atomic mass is 16.6. The number of hydrogen-bond donors (Lipinski definition) is 0. The van der Waals surface area contributed by atoms with Gasteiger partial charge in [-0.05, 0) is 43.7 Å². The summed E-state index contributed by atoms with van der Waals surface area (Å²) in [5, 5.41) is 0. The monoisotopic (exact) mass is 411 g/mol. The lowest BCUT2D eigenvalue weighted by molar-refractivity contribution is -0.145. The number of rotatable bonds is 4. The molecule has 2 aromatic rings. The minimum Gasteiger partial charge on any atom is -0.482 e. The van der Waals surface area contributed by atoms with E-state index in [9.17, 15) is 9.59 Å². The fourth-order valence-electron chi connectivity index (χ4n) is 4.08. The molecule has 0 spiro atoms. The maximum atomic E-state index is 13.0. The second kappa shape index (κ2) is 8.50. The maximum Gasteiger partial charge on any atom is 0.267 e. The Morgan fingerprint density at radius 3 is 2.47 bits per heavy atom. The van der Waals surface area contributed by atoms with Gasteiger partial charge in [0.1, 0.15) is 6.10 Å². The molecule has 0 saturated carbocycles. The zero-order chi connectivity index (χ0) is 21.3. The van der Waals surface area contributed by atoms with E-state index in [1.165, 1.54) is 0 Å².